The molecule has 0 atom stereocenters. The zero-order valence-corrected chi connectivity index (χ0v) is 20.1. The number of carbonyl (C=O) groups is 1. The zero-order chi connectivity index (χ0) is 24.9. The monoisotopic (exact) mass is 480 g/mol. The van der Waals surface area contributed by atoms with Crippen LogP contribution in [0.5, 0.6) is 5.75 Å². The molecule has 0 radical (unpaired) electrons. The number of hydrogen-bond donors (Lipinski definition) is 2. The average molecular weight is 481 g/mol. The van der Waals surface area contributed by atoms with Crippen molar-refractivity contribution in [2.75, 3.05) is 19.4 Å². The Labute approximate surface area is 209 Å². The molecule has 8 heteroatoms. The number of imidazole rings is 1. The topological polar surface area (TPSA) is 108 Å². The molecule has 0 aliphatic heterocycles. The molecule has 2 aromatic carbocycles. The molecule has 0 aliphatic carbocycles. The maximum absolute atomic E-state index is 12.3. The van der Waals surface area contributed by atoms with E-state index >= 15 is 0 Å². The van der Waals surface area contributed by atoms with Crippen molar-refractivity contribution in [2.24, 2.45) is 0 Å². The van der Waals surface area contributed by atoms with Crippen molar-refractivity contribution < 1.29 is 9.53 Å². The molecule has 0 saturated heterocycles. The summed E-state index contributed by atoms with van der Waals surface area (Å²) >= 11 is 0. The molecule has 3 N–H and O–H groups in total. The number of aromatic nitrogens is 4. The zero-order valence-electron chi connectivity index (χ0n) is 20.1. The molecule has 36 heavy (non-hydrogen) atoms. The first-order chi connectivity index (χ1) is 17.6. The molecule has 0 saturated carbocycles. The van der Waals surface area contributed by atoms with Crippen LogP contribution in [0.25, 0.3) is 21.9 Å². The first-order valence-electron chi connectivity index (χ1n) is 12.0. The summed E-state index contributed by atoms with van der Waals surface area (Å²) in [6.45, 7) is 1.31. The van der Waals surface area contributed by atoms with Crippen LogP contribution in [-0.2, 0) is 13.0 Å². The van der Waals surface area contributed by atoms with Crippen molar-refractivity contribution in [1.29, 1.82) is 0 Å². The highest BCUT2D eigenvalue weighted by molar-refractivity contribution is 6.06. The Morgan fingerprint density at radius 2 is 1.81 bits per heavy atom. The van der Waals surface area contributed by atoms with E-state index in [4.69, 9.17) is 15.5 Å². The molecular formula is C28H28N6O2. The molecule has 0 spiro atoms. The molecule has 8 nitrogen and oxygen atoms in total. The predicted octanol–water partition coefficient (Wildman–Crippen LogP) is 4.37. The number of unbranched alkanes of at least 4 members (excludes halogenated alkanes) is 1. The predicted molar refractivity (Wildman–Crippen MR) is 141 cm³/mol. The lowest BCUT2D eigenvalue weighted by Crippen LogP contribution is -2.25. The molecule has 182 valence electrons. The van der Waals surface area contributed by atoms with Crippen LogP contribution in [0.15, 0.2) is 72.9 Å². The normalized spacial score (nSPS) is 11.1. The number of amides is 1. The van der Waals surface area contributed by atoms with Gasteiger partial charge < -0.3 is 20.4 Å². The molecule has 0 unspecified atom stereocenters. The lowest BCUT2D eigenvalue weighted by atomic mass is 10.1. The van der Waals surface area contributed by atoms with Crippen molar-refractivity contribution in [1.82, 2.24) is 24.8 Å². The smallest absolute Gasteiger partial charge is 0.269 e. The van der Waals surface area contributed by atoms with Crippen LogP contribution in [0.4, 0.5) is 5.82 Å². The summed E-state index contributed by atoms with van der Waals surface area (Å²) in [5.41, 5.74) is 10.5. The van der Waals surface area contributed by atoms with E-state index in [1.54, 1.807) is 31.5 Å². The van der Waals surface area contributed by atoms with E-state index in [2.05, 4.69) is 38.1 Å². The third-order valence-electron chi connectivity index (χ3n) is 6.20. The first-order valence-corrected chi connectivity index (χ1v) is 12.0. The summed E-state index contributed by atoms with van der Waals surface area (Å²) in [4.78, 5) is 25.9. The Hall–Kier alpha value is -4.46. The number of fused-ring (bicyclic) bond motifs is 3. The molecule has 5 aromatic rings. The minimum atomic E-state index is -0.159. The second-order valence-corrected chi connectivity index (χ2v) is 8.59. The Morgan fingerprint density at radius 1 is 1.00 bits per heavy atom. The number of benzene rings is 2. The Kier molecular flexibility index (Phi) is 6.75. The fourth-order valence-electron chi connectivity index (χ4n) is 4.39. The number of para-hydroxylation sites is 1. The second kappa shape index (κ2) is 10.4. The van der Waals surface area contributed by atoms with Crippen molar-refractivity contribution in [3.05, 3.63) is 90.0 Å². The van der Waals surface area contributed by atoms with Crippen LogP contribution in [0.2, 0.25) is 0 Å². The molecule has 5 rings (SSSR count). The Bertz CT molecular complexity index is 1500. The van der Waals surface area contributed by atoms with Crippen LogP contribution in [0.3, 0.4) is 0 Å². The number of ether oxygens (including phenoxy) is 1. The average Bonchev–Trinajstić information content (AvgIpc) is 3.28. The van der Waals surface area contributed by atoms with Crippen molar-refractivity contribution in [3.63, 3.8) is 0 Å². The van der Waals surface area contributed by atoms with Crippen LogP contribution in [-0.4, -0.2) is 39.1 Å². The number of nitrogen functional groups attached to an aromatic ring is 1. The minimum Gasteiger partial charge on any atom is -0.497 e. The minimum absolute atomic E-state index is 0.159. The molecule has 0 aliphatic rings. The van der Waals surface area contributed by atoms with Crippen molar-refractivity contribution >= 4 is 33.7 Å². The largest absolute Gasteiger partial charge is 0.497 e. The van der Waals surface area contributed by atoms with E-state index in [1.807, 2.05) is 30.3 Å². The number of nitrogens with zero attached hydrogens (tertiary/aromatic N) is 4. The number of anilines is 1. The van der Waals surface area contributed by atoms with E-state index in [0.717, 1.165) is 58.5 Å². The van der Waals surface area contributed by atoms with E-state index in [1.165, 1.54) is 0 Å². The van der Waals surface area contributed by atoms with Crippen LogP contribution >= 0.6 is 0 Å². The van der Waals surface area contributed by atoms with Gasteiger partial charge in [0.05, 0.1) is 18.1 Å². The lowest BCUT2D eigenvalue weighted by molar-refractivity contribution is 0.0948. The van der Waals surface area contributed by atoms with Gasteiger partial charge in [0.15, 0.2) is 5.82 Å². The quantitative estimate of drug-likeness (QED) is 0.303. The van der Waals surface area contributed by atoms with Gasteiger partial charge in [-0.2, -0.15) is 0 Å². The molecule has 0 fully saturated rings. The van der Waals surface area contributed by atoms with Gasteiger partial charge in [0.25, 0.3) is 5.91 Å². The van der Waals surface area contributed by atoms with Crippen LogP contribution < -0.4 is 15.8 Å². The van der Waals surface area contributed by atoms with Crippen molar-refractivity contribution in [3.8, 4) is 5.75 Å². The van der Waals surface area contributed by atoms with Gasteiger partial charge in [-0.15, -0.1) is 0 Å². The molecule has 3 heterocycles. The van der Waals surface area contributed by atoms with Gasteiger partial charge in [-0.1, -0.05) is 36.4 Å². The van der Waals surface area contributed by atoms with Crippen LogP contribution in [0.1, 0.15) is 34.7 Å². The maximum Gasteiger partial charge on any atom is 0.269 e. The van der Waals surface area contributed by atoms with E-state index in [9.17, 15) is 4.79 Å². The fourth-order valence-corrected chi connectivity index (χ4v) is 4.39. The van der Waals surface area contributed by atoms with E-state index in [-0.39, 0.29) is 5.91 Å². The highest BCUT2D eigenvalue weighted by Crippen LogP contribution is 2.30. The van der Waals surface area contributed by atoms with Gasteiger partial charge in [0, 0.05) is 31.1 Å². The van der Waals surface area contributed by atoms with Gasteiger partial charge >= 0.3 is 0 Å². The van der Waals surface area contributed by atoms with Gasteiger partial charge in [0.2, 0.25) is 0 Å². The third kappa shape index (κ3) is 4.84. The van der Waals surface area contributed by atoms with E-state index in [0.29, 0.717) is 24.5 Å². The summed E-state index contributed by atoms with van der Waals surface area (Å²) in [5, 5.41) is 3.98. The number of hydrogen-bond acceptors (Lipinski definition) is 6. The summed E-state index contributed by atoms with van der Waals surface area (Å²) in [6.07, 6.45) is 3.95. The number of nitrogens with one attached hydrogen (secondary N) is 1. The van der Waals surface area contributed by atoms with Gasteiger partial charge in [0.1, 0.15) is 22.8 Å². The standard InChI is InChI=1S/C28H28N6O2/c1-36-20-13-11-19(12-14-20)18-24-33-25-26(21-8-2-3-9-22(21)32-27(25)29)34(24)17-7-6-16-31-28(35)23-10-4-5-15-30-23/h2-5,8-15H,6-7,16-18H2,1H3,(H2,29,32)(H,31,35). The van der Waals surface area contributed by atoms with Gasteiger partial charge in [-0.25, -0.2) is 9.97 Å². The summed E-state index contributed by atoms with van der Waals surface area (Å²) in [7, 11) is 1.66. The summed E-state index contributed by atoms with van der Waals surface area (Å²) in [6, 6.07) is 21.3. The molecular weight excluding hydrogens is 452 g/mol. The number of carbonyl (C=O) groups excluding carboxylic acids is 1. The number of rotatable bonds is 9. The number of nitrogens with two attached hydrogens (primary N) is 1. The third-order valence-corrected chi connectivity index (χ3v) is 6.20. The highest BCUT2D eigenvalue weighted by Gasteiger charge is 2.17. The van der Waals surface area contributed by atoms with Gasteiger partial charge in [-0.3, -0.25) is 9.78 Å². The number of pyridine rings is 2. The van der Waals surface area contributed by atoms with E-state index < -0.39 is 0 Å². The SMILES string of the molecule is COc1ccc(Cc2nc3c(N)nc4ccccc4c3n2CCCCNC(=O)c2ccccn2)cc1. The molecule has 3 aromatic heterocycles. The highest BCUT2D eigenvalue weighted by atomic mass is 16.5. The number of methoxy groups -OCH3 is 1. The second-order valence-electron chi connectivity index (χ2n) is 8.59. The van der Waals surface area contributed by atoms with Gasteiger partial charge in [-0.05, 0) is 48.7 Å². The van der Waals surface area contributed by atoms with Crippen molar-refractivity contribution in [2.45, 2.75) is 25.8 Å². The maximum atomic E-state index is 12.3. The first kappa shape index (κ1) is 23.3. The summed E-state index contributed by atoms with van der Waals surface area (Å²) in [5.74, 6) is 2.02. The molecule has 1 amide bonds. The summed E-state index contributed by atoms with van der Waals surface area (Å²) < 4.78 is 7.55. The molecule has 0 bridgehead atoms. The Balaban J connectivity index is 1.39. The lowest BCUT2D eigenvalue weighted by Gasteiger charge is -2.12. The Morgan fingerprint density at radius 3 is 2.58 bits per heavy atom. The number of aryl methyl sites for hydroxylation is 1. The van der Waals surface area contributed by atoms with Crippen LogP contribution in [0, 0.1) is 0 Å². The fraction of sp³-hybridized carbons (Fsp3) is 0.214.